The van der Waals surface area contributed by atoms with Gasteiger partial charge in [-0.3, -0.25) is 4.79 Å². The normalized spacial score (nSPS) is 12.0. The van der Waals surface area contributed by atoms with Crippen LogP contribution >= 0.6 is 11.8 Å². The van der Waals surface area contributed by atoms with Gasteiger partial charge >= 0.3 is 0 Å². The Labute approximate surface area is 164 Å². The summed E-state index contributed by atoms with van der Waals surface area (Å²) in [6.45, 7) is 6.00. The van der Waals surface area contributed by atoms with Crippen LogP contribution in [0.2, 0.25) is 0 Å². The Hall–Kier alpha value is -2.60. The molecule has 1 amide bonds. The maximum atomic E-state index is 12.4. The van der Waals surface area contributed by atoms with Crippen LogP contribution in [0.25, 0.3) is 0 Å². The lowest BCUT2D eigenvalue weighted by molar-refractivity contribution is 0.0937. The van der Waals surface area contributed by atoms with Crippen molar-refractivity contribution < 1.29 is 4.79 Å². The smallest absolute Gasteiger partial charge is 0.251 e. The van der Waals surface area contributed by atoms with Gasteiger partial charge in [0.1, 0.15) is 0 Å². The van der Waals surface area contributed by atoms with Crippen LogP contribution < -0.4 is 5.32 Å². The second kappa shape index (κ2) is 8.39. The van der Waals surface area contributed by atoms with E-state index in [2.05, 4.69) is 46.7 Å². The van der Waals surface area contributed by atoms with Gasteiger partial charge in [-0.15, -0.1) is 10.2 Å². The van der Waals surface area contributed by atoms with Gasteiger partial charge in [-0.25, -0.2) is 0 Å². The van der Waals surface area contributed by atoms with E-state index in [1.165, 1.54) is 11.1 Å². The van der Waals surface area contributed by atoms with Crippen molar-refractivity contribution in [3.63, 3.8) is 0 Å². The van der Waals surface area contributed by atoms with Gasteiger partial charge in [-0.05, 0) is 38.5 Å². The second-order valence-corrected chi connectivity index (χ2v) is 7.68. The van der Waals surface area contributed by atoms with Gasteiger partial charge in [0.15, 0.2) is 11.0 Å². The summed E-state index contributed by atoms with van der Waals surface area (Å²) in [6, 6.07) is 15.8. The standard InChI is InChI=1S/C21H24N4OS/c1-14-5-9-17(10-6-14)13-27-21-24-23-19(25(21)4)16(3)22-20(26)18-11-7-15(2)8-12-18/h5-12,16H,13H2,1-4H3,(H,22,26)/t16-/m1/s1. The Morgan fingerprint density at radius 3 is 2.26 bits per heavy atom. The van der Waals surface area contributed by atoms with E-state index in [1.807, 2.05) is 49.7 Å². The SMILES string of the molecule is Cc1ccc(CSc2nnc([C@@H](C)NC(=O)c3ccc(C)cc3)n2C)cc1. The van der Waals surface area contributed by atoms with E-state index in [4.69, 9.17) is 0 Å². The van der Waals surface area contributed by atoms with Crippen LogP contribution in [-0.4, -0.2) is 20.7 Å². The summed E-state index contributed by atoms with van der Waals surface area (Å²) in [5.41, 5.74) is 4.27. The Kier molecular flexibility index (Phi) is 5.96. The lowest BCUT2D eigenvalue weighted by Gasteiger charge is -2.13. The third-order valence-corrected chi connectivity index (χ3v) is 5.50. The Morgan fingerprint density at radius 2 is 1.63 bits per heavy atom. The number of hydrogen-bond donors (Lipinski definition) is 1. The van der Waals surface area contributed by atoms with E-state index in [1.54, 1.807) is 11.8 Å². The van der Waals surface area contributed by atoms with Gasteiger partial charge in [-0.1, -0.05) is 59.3 Å². The number of rotatable bonds is 6. The first kappa shape index (κ1) is 19.2. The molecule has 1 atom stereocenters. The molecule has 0 aliphatic rings. The van der Waals surface area contributed by atoms with Crippen molar-refractivity contribution in [2.24, 2.45) is 7.05 Å². The number of nitrogens with one attached hydrogen (secondary N) is 1. The van der Waals surface area contributed by atoms with Crippen LogP contribution in [0.3, 0.4) is 0 Å². The van der Waals surface area contributed by atoms with Crippen molar-refractivity contribution in [1.82, 2.24) is 20.1 Å². The molecule has 0 spiro atoms. The molecule has 5 nitrogen and oxygen atoms in total. The number of carbonyl (C=O) groups excluding carboxylic acids is 1. The zero-order chi connectivity index (χ0) is 19.4. The molecule has 27 heavy (non-hydrogen) atoms. The first-order chi connectivity index (χ1) is 12.9. The molecule has 0 saturated heterocycles. The topological polar surface area (TPSA) is 59.8 Å². The van der Waals surface area contributed by atoms with Crippen LogP contribution in [0, 0.1) is 13.8 Å². The number of aryl methyl sites for hydroxylation is 2. The minimum atomic E-state index is -0.231. The van der Waals surface area contributed by atoms with Crippen molar-refractivity contribution >= 4 is 17.7 Å². The Morgan fingerprint density at radius 1 is 1.04 bits per heavy atom. The van der Waals surface area contributed by atoms with E-state index >= 15 is 0 Å². The molecule has 1 aromatic heterocycles. The maximum Gasteiger partial charge on any atom is 0.251 e. The van der Waals surface area contributed by atoms with Gasteiger partial charge in [0.25, 0.3) is 5.91 Å². The molecule has 0 aliphatic heterocycles. The fourth-order valence-electron chi connectivity index (χ4n) is 2.71. The molecule has 0 radical (unpaired) electrons. The highest BCUT2D eigenvalue weighted by molar-refractivity contribution is 7.98. The molecule has 140 valence electrons. The molecule has 3 rings (SSSR count). The van der Waals surface area contributed by atoms with E-state index in [-0.39, 0.29) is 11.9 Å². The largest absolute Gasteiger partial charge is 0.342 e. The molecule has 1 heterocycles. The first-order valence-corrected chi connectivity index (χ1v) is 9.88. The molecule has 0 saturated carbocycles. The van der Waals surface area contributed by atoms with E-state index in [9.17, 15) is 4.79 Å². The summed E-state index contributed by atoms with van der Waals surface area (Å²) >= 11 is 1.64. The molecule has 0 aliphatic carbocycles. The quantitative estimate of drug-likeness (QED) is 0.651. The van der Waals surface area contributed by atoms with Crippen molar-refractivity contribution in [3.8, 4) is 0 Å². The molecule has 0 bridgehead atoms. The molecular weight excluding hydrogens is 356 g/mol. The van der Waals surface area contributed by atoms with E-state index in [0.29, 0.717) is 5.56 Å². The van der Waals surface area contributed by atoms with Crippen molar-refractivity contribution in [1.29, 1.82) is 0 Å². The van der Waals surface area contributed by atoms with Crippen LogP contribution in [-0.2, 0) is 12.8 Å². The Bertz CT molecular complexity index is 916. The molecule has 1 N–H and O–H groups in total. The maximum absolute atomic E-state index is 12.4. The molecule has 0 unspecified atom stereocenters. The van der Waals surface area contributed by atoms with Gasteiger partial charge < -0.3 is 9.88 Å². The summed E-state index contributed by atoms with van der Waals surface area (Å²) in [7, 11) is 1.93. The van der Waals surface area contributed by atoms with Crippen LogP contribution in [0.4, 0.5) is 0 Å². The number of benzene rings is 2. The van der Waals surface area contributed by atoms with Crippen molar-refractivity contribution in [3.05, 3.63) is 76.6 Å². The summed E-state index contributed by atoms with van der Waals surface area (Å²) < 4.78 is 1.94. The van der Waals surface area contributed by atoms with Gasteiger partial charge in [0.2, 0.25) is 0 Å². The number of hydrogen-bond acceptors (Lipinski definition) is 4. The van der Waals surface area contributed by atoms with Gasteiger partial charge in [-0.2, -0.15) is 0 Å². The lowest BCUT2D eigenvalue weighted by Crippen LogP contribution is -2.28. The van der Waals surface area contributed by atoms with Crippen molar-refractivity contribution in [2.45, 2.75) is 37.7 Å². The summed E-state index contributed by atoms with van der Waals surface area (Å²) in [5, 5.41) is 12.4. The highest BCUT2D eigenvalue weighted by Gasteiger charge is 2.18. The molecule has 6 heteroatoms. The van der Waals surface area contributed by atoms with Crippen molar-refractivity contribution in [2.75, 3.05) is 0 Å². The average molecular weight is 381 g/mol. The van der Waals surface area contributed by atoms with Gasteiger partial charge in [0.05, 0.1) is 6.04 Å². The minimum Gasteiger partial charge on any atom is -0.342 e. The third-order valence-electron chi connectivity index (χ3n) is 4.41. The zero-order valence-electron chi connectivity index (χ0n) is 16.1. The van der Waals surface area contributed by atoms with Crippen LogP contribution in [0.1, 0.15) is 45.8 Å². The zero-order valence-corrected chi connectivity index (χ0v) is 16.9. The highest BCUT2D eigenvalue weighted by Crippen LogP contribution is 2.23. The molecule has 2 aromatic carbocycles. The average Bonchev–Trinajstić information content (AvgIpc) is 3.02. The second-order valence-electron chi connectivity index (χ2n) is 6.74. The number of nitrogens with zero attached hydrogens (tertiary/aromatic N) is 3. The summed E-state index contributed by atoms with van der Waals surface area (Å²) in [6.07, 6.45) is 0. The highest BCUT2D eigenvalue weighted by atomic mass is 32.2. The van der Waals surface area contributed by atoms with Gasteiger partial charge in [0, 0.05) is 18.4 Å². The van der Waals surface area contributed by atoms with Crippen LogP contribution in [0.5, 0.6) is 0 Å². The fourth-order valence-corrected chi connectivity index (χ4v) is 3.58. The molecule has 0 fully saturated rings. The summed E-state index contributed by atoms with van der Waals surface area (Å²) in [4.78, 5) is 12.4. The number of aromatic nitrogens is 3. The van der Waals surface area contributed by atoms with E-state index < -0.39 is 0 Å². The molecular formula is C21H24N4OS. The Balaban J connectivity index is 1.64. The fraction of sp³-hybridized carbons (Fsp3) is 0.286. The first-order valence-electron chi connectivity index (χ1n) is 8.89. The number of amides is 1. The lowest BCUT2D eigenvalue weighted by atomic mass is 10.1. The van der Waals surface area contributed by atoms with Crippen LogP contribution in [0.15, 0.2) is 53.7 Å². The predicted molar refractivity (Wildman–Crippen MR) is 109 cm³/mol. The minimum absolute atomic E-state index is 0.112. The summed E-state index contributed by atoms with van der Waals surface area (Å²) in [5.74, 6) is 1.46. The number of carbonyl (C=O) groups is 1. The van der Waals surface area contributed by atoms with E-state index in [0.717, 1.165) is 22.3 Å². The number of thioether (sulfide) groups is 1. The molecule has 3 aromatic rings. The predicted octanol–water partition coefficient (Wildman–Crippen LogP) is 4.22. The monoisotopic (exact) mass is 380 g/mol. The third kappa shape index (κ3) is 4.77.